The van der Waals surface area contributed by atoms with Gasteiger partial charge >= 0.3 is 0 Å². The van der Waals surface area contributed by atoms with Crippen molar-refractivity contribution in [1.29, 1.82) is 0 Å². The average molecular weight is 402 g/mol. The number of halogens is 2. The first-order valence-corrected chi connectivity index (χ1v) is 8.93. The topological polar surface area (TPSA) is 59.2 Å². The Morgan fingerprint density at radius 3 is 2.60 bits per heavy atom. The van der Waals surface area contributed by atoms with Crippen LogP contribution in [0.3, 0.4) is 0 Å². The van der Waals surface area contributed by atoms with Gasteiger partial charge in [-0.2, -0.15) is 0 Å². The van der Waals surface area contributed by atoms with Crippen LogP contribution in [0.15, 0.2) is 36.5 Å². The Morgan fingerprint density at radius 2 is 2.04 bits per heavy atom. The molecule has 0 aromatic carbocycles. The van der Waals surface area contributed by atoms with Crippen molar-refractivity contribution in [3.63, 3.8) is 0 Å². The third-order valence-corrected chi connectivity index (χ3v) is 5.34. The van der Waals surface area contributed by atoms with Gasteiger partial charge in [-0.15, -0.1) is 36.2 Å². The molecule has 0 unspecified atom stereocenters. The number of carbonyl (C=O) groups excluding carboxylic acids is 1. The van der Waals surface area contributed by atoms with Crippen LogP contribution in [-0.2, 0) is 17.9 Å². The summed E-state index contributed by atoms with van der Waals surface area (Å²) in [6, 6.07) is 10.2. The number of aryl methyl sites for hydroxylation is 1. The average Bonchev–Trinajstić information content (AvgIpc) is 3.15. The third-order valence-electron chi connectivity index (χ3n) is 4.36. The van der Waals surface area contributed by atoms with Gasteiger partial charge in [-0.1, -0.05) is 6.07 Å². The minimum Gasteiger partial charge on any atom is -0.331 e. The summed E-state index contributed by atoms with van der Waals surface area (Å²) >= 11 is 1.75. The molecule has 25 heavy (non-hydrogen) atoms. The van der Waals surface area contributed by atoms with E-state index in [1.165, 1.54) is 9.75 Å². The lowest BCUT2D eigenvalue weighted by molar-refractivity contribution is -0.136. The van der Waals surface area contributed by atoms with E-state index in [0.717, 1.165) is 25.0 Å². The number of amides is 1. The number of aromatic nitrogens is 1. The summed E-state index contributed by atoms with van der Waals surface area (Å²) in [4.78, 5) is 21.8. The third kappa shape index (κ3) is 5.96. The maximum Gasteiger partial charge on any atom is 0.226 e. The molecule has 138 valence electrons. The highest BCUT2D eigenvalue weighted by molar-refractivity contribution is 7.11. The number of hydrogen-bond acceptors (Lipinski definition) is 4. The van der Waals surface area contributed by atoms with Gasteiger partial charge in [0.05, 0.1) is 18.8 Å². The zero-order valence-corrected chi connectivity index (χ0v) is 16.7. The van der Waals surface area contributed by atoms with Crippen molar-refractivity contribution in [2.75, 3.05) is 0 Å². The summed E-state index contributed by atoms with van der Waals surface area (Å²) in [5.74, 6) is 0.282. The number of rotatable bonds is 5. The Labute approximate surface area is 165 Å². The van der Waals surface area contributed by atoms with E-state index >= 15 is 0 Å². The van der Waals surface area contributed by atoms with Gasteiger partial charge in [0.15, 0.2) is 0 Å². The van der Waals surface area contributed by atoms with Crippen molar-refractivity contribution < 1.29 is 4.79 Å². The van der Waals surface area contributed by atoms with Gasteiger partial charge in [0.2, 0.25) is 5.91 Å². The molecule has 1 aliphatic rings. The molecular formula is C18H25Cl2N3OS. The first-order chi connectivity index (χ1) is 11.1. The zero-order valence-electron chi connectivity index (χ0n) is 14.3. The highest BCUT2D eigenvalue weighted by atomic mass is 35.5. The molecule has 1 saturated carbocycles. The lowest BCUT2D eigenvalue weighted by atomic mass is 10.1. The van der Waals surface area contributed by atoms with Crippen molar-refractivity contribution in [2.24, 2.45) is 11.7 Å². The molecule has 7 heteroatoms. The molecule has 1 fully saturated rings. The Morgan fingerprint density at radius 1 is 1.24 bits per heavy atom. The van der Waals surface area contributed by atoms with Crippen LogP contribution in [0.1, 0.15) is 34.7 Å². The number of thiophene rings is 1. The first-order valence-electron chi connectivity index (χ1n) is 8.11. The molecule has 2 heterocycles. The van der Waals surface area contributed by atoms with Crippen LogP contribution < -0.4 is 5.73 Å². The van der Waals surface area contributed by atoms with Crippen molar-refractivity contribution in [2.45, 2.75) is 45.3 Å². The molecular weight excluding hydrogens is 377 g/mol. The van der Waals surface area contributed by atoms with Crippen LogP contribution in [0.25, 0.3) is 0 Å². The number of nitrogens with two attached hydrogens (primary N) is 1. The Hall–Kier alpha value is -1.14. The van der Waals surface area contributed by atoms with Gasteiger partial charge in [-0.3, -0.25) is 9.78 Å². The van der Waals surface area contributed by atoms with Gasteiger partial charge in [-0.05, 0) is 50.5 Å². The van der Waals surface area contributed by atoms with Crippen LogP contribution >= 0.6 is 36.2 Å². The highest BCUT2D eigenvalue weighted by Crippen LogP contribution is 2.28. The summed E-state index contributed by atoms with van der Waals surface area (Å²) in [7, 11) is 0. The maximum atomic E-state index is 13.0. The first kappa shape index (κ1) is 21.9. The van der Waals surface area contributed by atoms with Gasteiger partial charge < -0.3 is 10.6 Å². The second-order valence-corrected chi connectivity index (χ2v) is 7.67. The lowest BCUT2D eigenvalue weighted by Crippen LogP contribution is -2.35. The van der Waals surface area contributed by atoms with Crippen LogP contribution in [0.4, 0.5) is 0 Å². The monoisotopic (exact) mass is 401 g/mol. The molecule has 2 N–H and O–H groups in total. The van der Waals surface area contributed by atoms with E-state index in [9.17, 15) is 4.79 Å². The summed E-state index contributed by atoms with van der Waals surface area (Å²) in [6.07, 6.45) is 4.44. The standard InChI is InChI=1S/C18H23N3OS.2ClH/c1-13-5-8-17(23-13)12-21(11-16-4-2-3-9-20-16)18(22)14-6-7-15(19)10-14;;/h2-5,8-9,14-15H,6-7,10-12,19H2,1H3;2*1H/t14-,15+;;/m0../s1. The summed E-state index contributed by atoms with van der Waals surface area (Å²) in [6.45, 7) is 3.30. The van der Waals surface area contributed by atoms with E-state index in [1.807, 2.05) is 23.1 Å². The van der Waals surface area contributed by atoms with Gasteiger partial charge in [0, 0.05) is 27.9 Å². The molecule has 2 aromatic rings. The molecule has 0 spiro atoms. The molecule has 0 radical (unpaired) electrons. The minimum absolute atomic E-state index is 0. The molecule has 3 rings (SSSR count). The molecule has 2 atom stereocenters. The van der Waals surface area contributed by atoms with E-state index in [1.54, 1.807) is 17.5 Å². The Kier molecular flexibility index (Phi) is 8.86. The van der Waals surface area contributed by atoms with E-state index in [-0.39, 0.29) is 42.7 Å². The fourth-order valence-electron chi connectivity index (χ4n) is 3.16. The minimum atomic E-state index is 0. The van der Waals surface area contributed by atoms with Crippen molar-refractivity contribution >= 4 is 42.1 Å². The summed E-state index contributed by atoms with van der Waals surface area (Å²) < 4.78 is 0. The van der Waals surface area contributed by atoms with Crippen LogP contribution in [0, 0.1) is 12.8 Å². The van der Waals surface area contributed by atoms with Crippen LogP contribution in [0.5, 0.6) is 0 Å². The molecule has 4 nitrogen and oxygen atoms in total. The largest absolute Gasteiger partial charge is 0.331 e. The number of pyridine rings is 1. The number of carbonyl (C=O) groups is 1. The Balaban J connectivity index is 0.00000156. The fourth-order valence-corrected chi connectivity index (χ4v) is 4.06. The van der Waals surface area contributed by atoms with Gasteiger partial charge in [0.1, 0.15) is 0 Å². The van der Waals surface area contributed by atoms with Crippen molar-refractivity contribution in [3.05, 3.63) is 52.0 Å². The van der Waals surface area contributed by atoms with E-state index < -0.39 is 0 Å². The highest BCUT2D eigenvalue weighted by Gasteiger charge is 2.31. The smallest absolute Gasteiger partial charge is 0.226 e. The van der Waals surface area contributed by atoms with E-state index in [2.05, 4.69) is 24.0 Å². The fraction of sp³-hybridized carbons (Fsp3) is 0.444. The second-order valence-electron chi connectivity index (χ2n) is 6.30. The van der Waals surface area contributed by atoms with E-state index in [0.29, 0.717) is 13.1 Å². The Bertz CT molecular complexity index is 665. The quantitative estimate of drug-likeness (QED) is 0.824. The predicted molar refractivity (Wildman–Crippen MR) is 107 cm³/mol. The number of nitrogens with zero attached hydrogens (tertiary/aromatic N) is 2. The molecule has 0 bridgehead atoms. The molecule has 0 aliphatic heterocycles. The molecule has 1 amide bonds. The molecule has 0 saturated heterocycles. The summed E-state index contributed by atoms with van der Waals surface area (Å²) in [5, 5.41) is 0. The van der Waals surface area contributed by atoms with Gasteiger partial charge in [0.25, 0.3) is 0 Å². The van der Waals surface area contributed by atoms with Crippen molar-refractivity contribution in [1.82, 2.24) is 9.88 Å². The van der Waals surface area contributed by atoms with Crippen LogP contribution in [-0.4, -0.2) is 21.8 Å². The lowest BCUT2D eigenvalue weighted by Gasteiger charge is -2.25. The maximum absolute atomic E-state index is 13.0. The summed E-state index contributed by atoms with van der Waals surface area (Å²) in [5.41, 5.74) is 6.92. The predicted octanol–water partition coefficient (Wildman–Crippen LogP) is 3.95. The zero-order chi connectivity index (χ0) is 16.2. The molecule has 2 aromatic heterocycles. The molecule has 1 aliphatic carbocycles. The SMILES string of the molecule is Cc1ccc(CN(Cc2ccccn2)C(=O)[C@H]2CC[C@@H](N)C2)s1.Cl.Cl. The van der Waals surface area contributed by atoms with Crippen LogP contribution in [0.2, 0.25) is 0 Å². The normalized spacial score (nSPS) is 19.0. The number of hydrogen-bond donors (Lipinski definition) is 1. The van der Waals surface area contributed by atoms with E-state index in [4.69, 9.17) is 5.73 Å². The second kappa shape index (κ2) is 10.1. The van der Waals surface area contributed by atoms with Crippen molar-refractivity contribution in [3.8, 4) is 0 Å². The van der Waals surface area contributed by atoms with Gasteiger partial charge in [-0.25, -0.2) is 0 Å².